The van der Waals surface area contributed by atoms with E-state index < -0.39 is 6.61 Å². The van der Waals surface area contributed by atoms with Crippen molar-refractivity contribution in [3.05, 3.63) is 36.0 Å². The van der Waals surface area contributed by atoms with Crippen molar-refractivity contribution in [2.75, 3.05) is 6.54 Å². The van der Waals surface area contributed by atoms with Gasteiger partial charge in [0, 0.05) is 18.2 Å². The van der Waals surface area contributed by atoms with Crippen molar-refractivity contribution in [2.45, 2.75) is 26.0 Å². The number of hydrogen-bond donors (Lipinski definition) is 3. The van der Waals surface area contributed by atoms with E-state index >= 15 is 0 Å². The molecule has 1 heterocycles. The predicted octanol–water partition coefficient (Wildman–Crippen LogP) is 2.15. The molecule has 0 aliphatic carbocycles. The molecule has 124 valence electrons. The molecular formula is C15H18F2N4O2. The van der Waals surface area contributed by atoms with Gasteiger partial charge in [-0.05, 0) is 25.5 Å². The Morgan fingerprint density at radius 2 is 2.26 bits per heavy atom. The van der Waals surface area contributed by atoms with E-state index in [9.17, 15) is 13.6 Å². The molecule has 2 rings (SSSR count). The van der Waals surface area contributed by atoms with Crippen molar-refractivity contribution >= 4 is 5.91 Å². The van der Waals surface area contributed by atoms with Crippen molar-refractivity contribution in [3.8, 4) is 17.0 Å². The Morgan fingerprint density at radius 1 is 1.48 bits per heavy atom. The first-order valence-electron chi connectivity index (χ1n) is 7.09. The van der Waals surface area contributed by atoms with E-state index in [4.69, 9.17) is 5.73 Å². The second kappa shape index (κ2) is 7.68. The van der Waals surface area contributed by atoms with E-state index in [1.54, 1.807) is 12.1 Å². The SMILES string of the molecule is CC(N)CCNC(=O)c1cn[nH]c1-c1cccc(OC(F)F)c1. The van der Waals surface area contributed by atoms with Gasteiger partial charge in [0.2, 0.25) is 0 Å². The molecule has 0 bridgehead atoms. The van der Waals surface area contributed by atoms with Gasteiger partial charge >= 0.3 is 6.61 Å². The Bertz CT molecular complexity index is 658. The van der Waals surface area contributed by atoms with Crippen LogP contribution >= 0.6 is 0 Å². The minimum Gasteiger partial charge on any atom is -0.435 e. The highest BCUT2D eigenvalue weighted by Crippen LogP contribution is 2.25. The number of aromatic nitrogens is 2. The van der Waals surface area contributed by atoms with Crippen LogP contribution < -0.4 is 15.8 Å². The number of nitrogens with two attached hydrogens (primary N) is 1. The number of amides is 1. The molecule has 1 aromatic heterocycles. The van der Waals surface area contributed by atoms with Gasteiger partial charge in [0.05, 0.1) is 17.5 Å². The summed E-state index contributed by atoms with van der Waals surface area (Å²) in [5, 5.41) is 9.30. The average Bonchev–Trinajstić information content (AvgIpc) is 2.95. The molecule has 23 heavy (non-hydrogen) atoms. The van der Waals surface area contributed by atoms with Crippen LogP contribution in [0, 0.1) is 0 Å². The van der Waals surface area contributed by atoms with Crippen LogP contribution in [0.25, 0.3) is 11.3 Å². The van der Waals surface area contributed by atoms with Gasteiger partial charge in [-0.2, -0.15) is 13.9 Å². The Hall–Kier alpha value is -2.48. The molecule has 0 radical (unpaired) electrons. The van der Waals surface area contributed by atoms with E-state index in [2.05, 4.69) is 20.3 Å². The highest BCUT2D eigenvalue weighted by molar-refractivity contribution is 5.99. The van der Waals surface area contributed by atoms with Gasteiger partial charge in [-0.1, -0.05) is 12.1 Å². The zero-order chi connectivity index (χ0) is 16.8. The Labute approximate surface area is 132 Å². The summed E-state index contributed by atoms with van der Waals surface area (Å²) in [6, 6.07) is 6.05. The molecule has 1 atom stereocenters. The van der Waals surface area contributed by atoms with Crippen LogP contribution in [-0.2, 0) is 0 Å². The second-order valence-corrected chi connectivity index (χ2v) is 5.09. The van der Waals surface area contributed by atoms with Crippen molar-refractivity contribution in [2.24, 2.45) is 5.73 Å². The smallest absolute Gasteiger partial charge is 0.387 e. The first-order chi connectivity index (χ1) is 11.0. The first-order valence-corrected chi connectivity index (χ1v) is 7.09. The lowest BCUT2D eigenvalue weighted by Crippen LogP contribution is -2.29. The number of carbonyl (C=O) groups is 1. The molecule has 0 saturated carbocycles. The Morgan fingerprint density at radius 3 is 2.96 bits per heavy atom. The maximum Gasteiger partial charge on any atom is 0.387 e. The summed E-state index contributed by atoms with van der Waals surface area (Å²) < 4.78 is 28.9. The largest absolute Gasteiger partial charge is 0.435 e. The number of halogens is 2. The lowest BCUT2D eigenvalue weighted by atomic mass is 10.1. The molecule has 0 saturated heterocycles. The molecule has 2 aromatic rings. The Balaban J connectivity index is 2.15. The molecule has 0 aliphatic heterocycles. The molecule has 1 unspecified atom stereocenters. The van der Waals surface area contributed by atoms with Gasteiger partial charge in [0.1, 0.15) is 5.75 Å². The highest BCUT2D eigenvalue weighted by Gasteiger charge is 2.16. The number of nitrogens with zero attached hydrogens (tertiary/aromatic N) is 1. The summed E-state index contributed by atoms with van der Waals surface area (Å²) in [5.74, 6) is -0.301. The average molecular weight is 324 g/mol. The first kappa shape index (κ1) is 16.9. The van der Waals surface area contributed by atoms with E-state index in [0.717, 1.165) is 0 Å². The summed E-state index contributed by atoms with van der Waals surface area (Å²) in [7, 11) is 0. The van der Waals surface area contributed by atoms with Gasteiger partial charge in [-0.15, -0.1) is 0 Å². The summed E-state index contributed by atoms with van der Waals surface area (Å²) in [4.78, 5) is 12.2. The van der Waals surface area contributed by atoms with Crippen molar-refractivity contribution in [1.82, 2.24) is 15.5 Å². The van der Waals surface area contributed by atoms with Gasteiger partial charge < -0.3 is 15.8 Å². The molecule has 6 nitrogen and oxygen atoms in total. The molecule has 8 heteroatoms. The Kier molecular flexibility index (Phi) is 5.64. The van der Waals surface area contributed by atoms with Crippen LogP contribution in [0.4, 0.5) is 8.78 Å². The predicted molar refractivity (Wildman–Crippen MR) is 81.3 cm³/mol. The quantitative estimate of drug-likeness (QED) is 0.727. The fraction of sp³-hybridized carbons (Fsp3) is 0.333. The maximum atomic E-state index is 12.3. The molecule has 1 aromatic carbocycles. The van der Waals surface area contributed by atoms with Gasteiger partial charge in [-0.3, -0.25) is 9.89 Å². The third kappa shape index (κ3) is 4.75. The number of H-pyrrole nitrogens is 1. The number of nitrogens with one attached hydrogen (secondary N) is 2. The van der Waals surface area contributed by atoms with E-state index in [-0.39, 0.29) is 17.7 Å². The summed E-state index contributed by atoms with van der Waals surface area (Å²) in [5.41, 5.74) is 6.91. The number of rotatable bonds is 7. The van der Waals surface area contributed by atoms with Gasteiger partial charge in [0.25, 0.3) is 5.91 Å². The van der Waals surface area contributed by atoms with Crippen molar-refractivity contribution in [1.29, 1.82) is 0 Å². The fourth-order valence-electron chi connectivity index (χ4n) is 2.01. The second-order valence-electron chi connectivity index (χ2n) is 5.09. The molecule has 4 N–H and O–H groups in total. The van der Waals surface area contributed by atoms with Gasteiger partial charge in [0.15, 0.2) is 0 Å². The summed E-state index contributed by atoms with van der Waals surface area (Å²) in [6.45, 7) is -0.618. The highest BCUT2D eigenvalue weighted by atomic mass is 19.3. The fourth-order valence-corrected chi connectivity index (χ4v) is 2.01. The standard InChI is InChI=1S/C15H18F2N4O2/c1-9(18)5-6-19-14(22)12-8-20-21-13(12)10-3-2-4-11(7-10)23-15(16)17/h2-4,7-9,15H,5-6,18H2,1H3,(H,19,22)(H,20,21). The minimum absolute atomic E-state index is 0.00964. The molecule has 0 spiro atoms. The molecule has 0 fully saturated rings. The molecule has 1 amide bonds. The third-order valence-corrected chi connectivity index (χ3v) is 3.12. The van der Waals surface area contributed by atoms with Crippen LogP contribution in [0.15, 0.2) is 30.5 Å². The van der Waals surface area contributed by atoms with Crippen LogP contribution in [0.2, 0.25) is 0 Å². The van der Waals surface area contributed by atoms with Gasteiger partial charge in [-0.25, -0.2) is 0 Å². The normalized spacial score (nSPS) is 12.2. The summed E-state index contributed by atoms with van der Waals surface area (Å²) in [6.07, 6.45) is 2.04. The topological polar surface area (TPSA) is 93.0 Å². The van der Waals surface area contributed by atoms with Crippen LogP contribution in [0.5, 0.6) is 5.75 Å². The number of benzene rings is 1. The molecule has 0 aliphatic rings. The van der Waals surface area contributed by atoms with Crippen LogP contribution in [0.1, 0.15) is 23.7 Å². The molecular weight excluding hydrogens is 306 g/mol. The van der Waals surface area contributed by atoms with E-state index in [1.165, 1.54) is 18.3 Å². The van der Waals surface area contributed by atoms with Crippen molar-refractivity contribution < 1.29 is 18.3 Å². The summed E-state index contributed by atoms with van der Waals surface area (Å²) >= 11 is 0. The maximum absolute atomic E-state index is 12.3. The lowest BCUT2D eigenvalue weighted by molar-refractivity contribution is -0.0498. The van der Waals surface area contributed by atoms with Crippen molar-refractivity contribution in [3.63, 3.8) is 0 Å². The lowest BCUT2D eigenvalue weighted by Gasteiger charge is -2.09. The number of aromatic amines is 1. The number of alkyl halides is 2. The number of ether oxygens (including phenoxy) is 1. The zero-order valence-corrected chi connectivity index (χ0v) is 12.6. The van der Waals surface area contributed by atoms with Crippen LogP contribution in [-0.4, -0.2) is 35.3 Å². The third-order valence-electron chi connectivity index (χ3n) is 3.12. The number of carbonyl (C=O) groups excluding carboxylic acids is 1. The minimum atomic E-state index is -2.91. The van der Waals surface area contributed by atoms with E-state index in [0.29, 0.717) is 29.8 Å². The zero-order valence-electron chi connectivity index (χ0n) is 12.6. The number of hydrogen-bond acceptors (Lipinski definition) is 4. The monoisotopic (exact) mass is 324 g/mol. The van der Waals surface area contributed by atoms with Crippen LogP contribution in [0.3, 0.4) is 0 Å². The van der Waals surface area contributed by atoms with E-state index in [1.807, 2.05) is 6.92 Å².